The van der Waals surface area contributed by atoms with Crippen LogP contribution in [0.4, 0.5) is 4.79 Å². The van der Waals surface area contributed by atoms with E-state index in [1.807, 2.05) is 26.8 Å². The van der Waals surface area contributed by atoms with Crippen molar-refractivity contribution in [2.45, 2.75) is 69.9 Å². The zero-order chi connectivity index (χ0) is 17.7. The van der Waals surface area contributed by atoms with Gasteiger partial charge in [-0.2, -0.15) is 10.1 Å². The van der Waals surface area contributed by atoms with E-state index in [0.717, 1.165) is 25.0 Å². The third-order valence-corrected chi connectivity index (χ3v) is 4.64. The van der Waals surface area contributed by atoms with Crippen LogP contribution in [0, 0.1) is 0 Å². The van der Waals surface area contributed by atoms with Gasteiger partial charge in [-0.3, -0.25) is 5.10 Å². The van der Waals surface area contributed by atoms with Crippen molar-refractivity contribution < 1.29 is 14.1 Å². The Morgan fingerprint density at radius 1 is 1.40 bits per heavy atom. The van der Waals surface area contributed by atoms with Crippen molar-refractivity contribution in [3.63, 3.8) is 0 Å². The molecule has 0 aromatic carbocycles. The van der Waals surface area contributed by atoms with Gasteiger partial charge in [0.15, 0.2) is 11.5 Å². The number of ether oxygens (including phenoxy) is 1. The number of rotatable bonds is 4. The molecule has 8 heteroatoms. The molecular weight excluding hydrogens is 322 g/mol. The predicted molar refractivity (Wildman–Crippen MR) is 88.8 cm³/mol. The Balaban J connectivity index is 1.51. The van der Waals surface area contributed by atoms with Gasteiger partial charge < -0.3 is 14.6 Å². The Morgan fingerprint density at radius 2 is 2.16 bits per heavy atom. The first kappa shape index (κ1) is 16.1. The lowest BCUT2D eigenvalue weighted by Gasteiger charge is -2.39. The first-order chi connectivity index (χ1) is 11.8. The number of hydrogen-bond donors (Lipinski definition) is 2. The summed E-state index contributed by atoms with van der Waals surface area (Å²) < 4.78 is 10.8. The van der Waals surface area contributed by atoms with Crippen LogP contribution >= 0.6 is 0 Å². The average Bonchev–Trinajstić information content (AvgIpc) is 3.02. The van der Waals surface area contributed by atoms with Gasteiger partial charge in [0, 0.05) is 11.6 Å². The van der Waals surface area contributed by atoms with Crippen LogP contribution in [0.3, 0.4) is 0 Å². The lowest BCUT2D eigenvalue weighted by atomic mass is 9.76. The van der Waals surface area contributed by atoms with Crippen molar-refractivity contribution in [3.8, 4) is 11.6 Å². The molecule has 0 atom stereocenters. The van der Waals surface area contributed by atoms with Gasteiger partial charge in [0.1, 0.15) is 11.1 Å². The molecule has 1 amide bonds. The second-order valence-corrected chi connectivity index (χ2v) is 7.97. The van der Waals surface area contributed by atoms with Crippen LogP contribution in [0.1, 0.15) is 70.3 Å². The van der Waals surface area contributed by atoms with Gasteiger partial charge in [-0.05, 0) is 58.9 Å². The quantitative estimate of drug-likeness (QED) is 0.881. The van der Waals surface area contributed by atoms with Gasteiger partial charge in [-0.15, -0.1) is 0 Å². The minimum absolute atomic E-state index is 0.371. The van der Waals surface area contributed by atoms with E-state index in [2.05, 4.69) is 25.7 Å². The van der Waals surface area contributed by atoms with Gasteiger partial charge in [-0.1, -0.05) is 5.16 Å². The number of nitrogens with zero attached hydrogens (tertiary/aromatic N) is 3. The number of H-pyrrole nitrogens is 1. The largest absolute Gasteiger partial charge is 0.444 e. The maximum Gasteiger partial charge on any atom is 0.408 e. The maximum absolute atomic E-state index is 12.2. The van der Waals surface area contributed by atoms with E-state index in [1.165, 1.54) is 12.8 Å². The summed E-state index contributed by atoms with van der Waals surface area (Å²) in [6.45, 7) is 5.50. The molecule has 25 heavy (non-hydrogen) atoms. The van der Waals surface area contributed by atoms with Crippen molar-refractivity contribution in [3.05, 3.63) is 17.6 Å². The smallest absolute Gasteiger partial charge is 0.408 e. The number of carbonyl (C=O) groups is 1. The van der Waals surface area contributed by atoms with E-state index in [-0.39, 0.29) is 0 Å². The van der Waals surface area contributed by atoms with Gasteiger partial charge >= 0.3 is 6.09 Å². The molecule has 2 N–H and O–H groups in total. The first-order valence-corrected chi connectivity index (χ1v) is 8.76. The summed E-state index contributed by atoms with van der Waals surface area (Å²) >= 11 is 0. The van der Waals surface area contributed by atoms with Crippen LogP contribution in [0.25, 0.3) is 11.6 Å². The summed E-state index contributed by atoms with van der Waals surface area (Å²) in [6, 6.07) is 1.96. The number of aromatic amines is 1. The monoisotopic (exact) mass is 345 g/mol. The molecule has 0 saturated heterocycles. The third kappa shape index (κ3) is 3.25. The van der Waals surface area contributed by atoms with Crippen molar-refractivity contribution in [2.75, 3.05) is 0 Å². The Hall–Kier alpha value is -2.38. The number of hydrogen-bond acceptors (Lipinski definition) is 6. The molecular formula is C17H23N5O3. The Kier molecular flexibility index (Phi) is 3.59. The number of carbonyl (C=O) groups excluding carboxylic acids is 1. The Bertz CT molecular complexity index is 780. The summed E-state index contributed by atoms with van der Waals surface area (Å²) in [5.41, 5.74) is 0.596. The molecule has 0 radical (unpaired) electrons. The highest BCUT2D eigenvalue weighted by molar-refractivity contribution is 5.69. The van der Waals surface area contributed by atoms with Gasteiger partial charge in [0.05, 0.1) is 0 Å². The molecule has 0 unspecified atom stereocenters. The second-order valence-electron chi connectivity index (χ2n) is 7.97. The number of amides is 1. The van der Waals surface area contributed by atoms with Crippen LogP contribution in [0.2, 0.25) is 0 Å². The van der Waals surface area contributed by atoms with Crippen molar-refractivity contribution in [1.82, 2.24) is 25.7 Å². The normalized spacial score (nSPS) is 19.3. The topological polar surface area (TPSA) is 106 Å². The fraction of sp³-hybridized carbons (Fsp3) is 0.647. The van der Waals surface area contributed by atoms with Crippen LogP contribution in [-0.4, -0.2) is 32.0 Å². The molecule has 2 heterocycles. The number of nitrogens with one attached hydrogen (secondary N) is 2. The zero-order valence-corrected chi connectivity index (χ0v) is 14.8. The van der Waals surface area contributed by atoms with Gasteiger partial charge in [0.2, 0.25) is 0 Å². The van der Waals surface area contributed by atoms with E-state index in [4.69, 9.17) is 9.26 Å². The summed E-state index contributed by atoms with van der Waals surface area (Å²) in [5, 5.41) is 14.3. The molecule has 2 fully saturated rings. The van der Waals surface area contributed by atoms with Crippen molar-refractivity contribution >= 4 is 6.09 Å². The van der Waals surface area contributed by atoms with Crippen LogP contribution in [0.5, 0.6) is 0 Å². The second kappa shape index (κ2) is 5.57. The van der Waals surface area contributed by atoms with E-state index in [1.54, 1.807) is 0 Å². The molecule has 2 aromatic rings. The van der Waals surface area contributed by atoms with E-state index in [0.29, 0.717) is 23.3 Å². The molecule has 134 valence electrons. The standard InChI is InChI=1S/C17H23N5O3/c1-16(2,3)24-15(23)19-17(7-4-8-17)14-18-13(25-22-14)12-9-11(20-21-12)10-5-6-10/h9-10H,4-8H2,1-3H3,(H,19,23)(H,20,21). The maximum atomic E-state index is 12.2. The van der Waals surface area contributed by atoms with Gasteiger partial charge in [-0.25, -0.2) is 4.79 Å². The highest BCUT2D eigenvalue weighted by Gasteiger charge is 2.45. The molecule has 0 spiro atoms. The molecule has 2 aromatic heterocycles. The molecule has 2 aliphatic carbocycles. The molecule has 0 aliphatic heterocycles. The molecule has 2 saturated carbocycles. The Morgan fingerprint density at radius 3 is 2.76 bits per heavy atom. The van der Waals surface area contributed by atoms with E-state index in [9.17, 15) is 4.79 Å². The van der Waals surface area contributed by atoms with Crippen LogP contribution in [0.15, 0.2) is 10.6 Å². The molecule has 4 rings (SSSR count). The zero-order valence-electron chi connectivity index (χ0n) is 14.8. The van der Waals surface area contributed by atoms with Gasteiger partial charge in [0.25, 0.3) is 5.89 Å². The van der Waals surface area contributed by atoms with E-state index < -0.39 is 17.2 Å². The summed E-state index contributed by atoms with van der Waals surface area (Å²) in [7, 11) is 0. The summed E-state index contributed by atoms with van der Waals surface area (Å²) in [5.74, 6) is 1.43. The minimum Gasteiger partial charge on any atom is -0.444 e. The number of alkyl carbamates (subject to hydrolysis) is 1. The fourth-order valence-electron chi connectivity index (χ4n) is 3.01. The highest BCUT2D eigenvalue weighted by Crippen LogP contribution is 2.42. The number of aromatic nitrogens is 4. The molecule has 0 bridgehead atoms. The SMILES string of the molecule is CC(C)(C)OC(=O)NC1(c2noc(-c3cc(C4CC4)[nH]n3)n2)CCC1. The summed E-state index contributed by atoms with van der Waals surface area (Å²) in [4.78, 5) is 16.7. The lowest BCUT2D eigenvalue weighted by Crippen LogP contribution is -2.52. The Labute approximate surface area is 145 Å². The average molecular weight is 345 g/mol. The highest BCUT2D eigenvalue weighted by atomic mass is 16.6. The molecule has 2 aliphatic rings. The van der Waals surface area contributed by atoms with Crippen molar-refractivity contribution in [2.24, 2.45) is 0 Å². The summed E-state index contributed by atoms with van der Waals surface area (Å²) in [6.07, 6.45) is 4.44. The lowest BCUT2D eigenvalue weighted by molar-refractivity contribution is 0.0362. The van der Waals surface area contributed by atoms with Crippen molar-refractivity contribution in [1.29, 1.82) is 0 Å². The first-order valence-electron chi connectivity index (χ1n) is 8.76. The van der Waals surface area contributed by atoms with Crippen LogP contribution < -0.4 is 5.32 Å². The minimum atomic E-state index is -0.611. The fourth-order valence-corrected chi connectivity index (χ4v) is 3.01. The molecule has 8 nitrogen and oxygen atoms in total. The van der Waals surface area contributed by atoms with Crippen LogP contribution in [-0.2, 0) is 10.3 Å². The predicted octanol–water partition coefficient (Wildman–Crippen LogP) is 3.24. The van der Waals surface area contributed by atoms with E-state index >= 15 is 0 Å². The third-order valence-electron chi connectivity index (χ3n) is 4.64.